The van der Waals surface area contributed by atoms with Crippen molar-refractivity contribution in [1.82, 2.24) is 4.31 Å². The fraction of sp³-hybridized carbons (Fsp3) is 0.250. The van der Waals surface area contributed by atoms with Gasteiger partial charge in [0, 0.05) is 17.2 Å². The van der Waals surface area contributed by atoms with Crippen LogP contribution < -0.4 is 0 Å². The Bertz CT molecular complexity index is 1230. The molecule has 1 heterocycles. The second kappa shape index (κ2) is 9.86. The lowest BCUT2D eigenvalue weighted by Gasteiger charge is -2.31. The molecule has 4 nitrogen and oxygen atoms in total. The lowest BCUT2D eigenvalue weighted by Crippen LogP contribution is -2.39. The molecule has 0 radical (unpaired) electrons. The lowest BCUT2D eigenvalue weighted by atomic mass is 9.94. The molecule has 1 aliphatic heterocycles. The van der Waals surface area contributed by atoms with Crippen molar-refractivity contribution in [3.05, 3.63) is 113 Å². The van der Waals surface area contributed by atoms with Gasteiger partial charge in [-0.05, 0) is 31.0 Å². The number of carbonyl (C=O) groups is 1. The van der Waals surface area contributed by atoms with E-state index in [2.05, 4.69) is 6.92 Å². The van der Waals surface area contributed by atoms with Gasteiger partial charge in [-0.25, -0.2) is 8.42 Å². The lowest BCUT2D eigenvalue weighted by molar-refractivity contribution is 0.102. The second-order valence-corrected chi connectivity index (χ2v) is 10.3. The van der Waals surface area contributed by atoms with Gasteiger partial charge in [-0.1, -0.05) is 104 Å². The largest absolute Gasteiger partial charge is 0.289 e. The molecule has 0 N–H and O–H groups in total. The van der Waals surface area contributed by atoms with Gasteiger partial charge in [0.2, 0.25) is 10.0 Å². The molecule has 170 valence electrons. The number of hydrogen-bond donors (Lipinski definition) is 0. The zero-order valence-electron chi connectivity index (χ0n) is 19.0. The molecule has 0 spiro atoms. The molecule has 0 unspecified atom stereocenters. The van der Waals surface area contributed by atoms with Crippen LogP contribution in [0.25, 0.3) is 0 Å². The Balaban J connectivity index is 1.86. The van der Waals surface area contributed by atoms with Gasteiger partial charge in [-0.3, -0.25) is 4.79 Å². The maximum Gasteiger partial charge on any atom is 0.244 e. The molecule has 0 aliphatic carbocycles. The monoisotopic (exact) mass is 459 g/mol. The Morgan fingerprint density at radius 2 is 1.48 bits per heavy atom. The van der Waals surface area contributed by atoms with Crippen molar-refractivity contribution in [2.24, 2.45) is 0 Å². The minimum absolute atomic E-state index is 0.132. The van der Waals surface area contributed by atoms with E-state index in [1.807, 2.05) is 73.7 Å². The zero-order chi connectivity index (χ0) is 23.4. The first kappa shape index (κ1) is 23.1. The summed E-state index contributed by atoms with van der Waals surface area (Å²) in [6, 6.07) is 24.4. The van der Waals surface area contributed by atoms with Crippen molar-refractivity contribution < 1.29 is 13.2 Å². The Labute approximate surface area is 196 Å². The molecule has 0 amide bonds. The number of hydrogen-bond acceptors (Lipinski definition) is 3. The average molecular weight is 460 g/mol. The number of unbranched alkanes of at least 4 members (excludes halogenated alkanes) is 1. The molecule has 0 fully saturated rings. The number of ketones is 1. The summed E-state index contributed by atoms with van der Waals surface area (Å²) < 4.78 is 29.5. The highest BCUT2D eigenvalue weighted by molar-refractivity contribution is 7.89. The molecule has 0 aromatic heterocycles. The zero-order valence-corrected chi connectivity index (χ0v) is 19.8. The predicted octanol–water partition coefficient (Wildman–Crippen LogP) is 6.11. The van der Waals surface area contributed by atoms with E-state index in [1.54, 1.807) is 28.6 Å². The summed E-state index contributed by atoms with van der Waals surface area (Å²) in [6.45, 7) is 4.02. The van der Waals surface area contributed by atoms with Crippen molar-refractivity contribution in [3.8, 4) is 0 Å². The molecule has 4 rings (SSSR count). The maximum absolute atomic E-state index is 14.0. The van der Waals surface area contributed by atoms with Gasteiger partial charge in [-0.2, -0.15) is 4.31 Å². The van der Waals surface area contributed by atoms with Crippen LogP contribution in [0.1, 0.15) is 53.7 Å². The third-order valence-electron chi connectivity index (χ3n) is 6.11. The molecular weight excluding hydrogens is 430 g/mol. The van der Waals surface area contributed by atoms with Gasteiger partial charge < -0.3 is 0 Å². The molecule has 1 aliphatic rings. The highest BCUT2D eigenvalue weighted by atomic mass is 32.2. The van der Waals surface area contributed by atoms with E-state index in [-0.39, 0.29) is 16.7 Å². The van der Waals surface area contributed by atoms with E-state index in [4.69, 9.17) is 0 Å². The summed E-state index contributed by atoms with van der Waals surface area (Å²) >= 11 is 0. The number of nitrogens with zero attached hydrogens (tertiary/aromatic N) is 1. The maximum atomic E-state index is 14.0. The summed E-state index contributed by atoms with van der Waals surface area (Å²) in [7, 11) is -3.85. The van der Waals surface area contributed by atoms with Crippen LogP contribution in [-0.4, -0.2) is 24.5 Å². The minimum Gasteiger partial charge on any atom is -0.289 e. The summed E-state index contributed by atoms with van der Waals surface area (Å²) in [4.78, 5) is 13.9. The molecule has 3 aromatic carbocycles. The van der Waals surface area contributed by atoms with Crippen molar-refractivity contribution >= 4 is 15.8 Å². The van der Waals surface area contributed by atoms with Crippen LogP contribution in [0.15, 0.2) is 101 Å². The molecule has 0 saturated carbocycles. The third-order valence-corrected chi connectivity index (χ3v) is 8.02. The minimum atomic E-state index is -3.85. The molecule has 0 bridgehead atoms. The smallest absolute Gasteiger partial charge is 0.244 e. The average Bonchev–Trinajstić information content (AvgIpc) is 3.24. The normalized spacial score (nSPS) is 18.8. The first-order valence-electron chi connectivity index (χ1n) is 11.4. The highest BCUT2D eigenvalue weighted by Crippen LogP contribution is 2.43. The van der Waals surface area contributed by atoms with Crippen LogP contribution in [0, 0.1) is 6.92 Å². The van der Waals surface area contributed by atoms with Gasteiger partial charge in [0.05, 0.1) is 10.9 Å². The summed E-state index contributed by atoms with van der Waals surface area (Å²) in [5.74, 6) is -0.132. The Morgan fingerprint density at radius 3 is 2.09 bits per heavy atom. The first-order chi connectivity index (χ1) is 15.9. The van der Waals surface area contributed by atoms with Crippen LogP contribution >= 0.6 is 0 Å². The summed E-state index contributed by atoms with van der Waals surface area (Å²) in [6.07, 6.45) is 4.36. The number of aryl methyl sites for hydroxylation is 1. The standard InChI is InChI=1S/C28H29NO3S/c1-3-4-15-24-20-26(28(30)23-13-9-6-10-14-23)27(22-11-7-5-8-12-22)29(24)33(31,32)25-18-16-21(2)17-19-25/h5-14,16-20,24,27H,3-4,15H2,1-2H3/t24-,27+/m1/s1. The van der Waals surface area contributed by atoms with Crippen molar-refractivity contribution in [2.75, 3.05) is 0 Å². The first-order valence-corrected chi connectivity index (χ1v) is 12.8. The van der Waals surface area contributed by atoms with Crippen LogP contribution in [0.2, 0.25) is 0 Å². The van der Waals surface area contributed by atoms with Crippen LogP contribution in [0.4, 0.5) is 0 Å². The van der Waals surface area contributed by atoms with Gasteiger partial charge in [0.25, 0.3) is 0 Å². The number of Topliss-reactive ketones (excluding diaryl/α,β-unsaturated/α-hetero) is 1. The van der Waals surface area contributed by atoms with Crippen molar-refractivity contribution in [1.29, 1.82) is 0 Å². The van der Waals surface area contributed by atoms with E-state index in [0.717, 1.165) is 24.0 Å². The molecule has 0 saturated heterocycles. The Kier molecular flexibility index (Phi) is 6.91. The third kappa shape index (κ3) is 4.70. The quantitative estimate of drug-likeness (QED) is 0.382. The Morgan fingerprint density at radius 1 is 0.879 bits per heavy atom. The Hall–Kier alpha value is -3.02. The summed E-state index contributed by atoms with van der Waals surface area (Å²) in [5.41, 5.74) is 2.87. The second-order valence-electron chi connectivity index (χ2n) is 8.49. The van der Waals surface area contributed by atoms with E-state index >= 15 is 0 Å². The van der Waals surface area contributed by atoms with Gasteiger partial charge in [-0.15, -0.1) is 0 Å². The number of benzene rings is 3. The van der Waals surface area contributed by atoms with Gasteiger partial charge in [0.1, 0.15) is 0 Å². The number of rotatable bonds is 8. The molecule has 5 heteroatoms. The molecule has 3 aromatic rings. The van der Waals surface area contributed by atoms with Gasteiger partial charge >= 0.3 is 0 Å². The van der Waals surface area contributed by atoms with Crippen molar-refractivity contribution in [3.63, 3.8) is 0 Å². The van der Waals surface area contributed by atoms with E-state index < -0.39 is 16.1 Å². The van der Waals surface area contributed by atoms with E-state index in [9.17, 15) is 13.2 Å². The molecule has 2 atom stereocenters. The fourth-order valence-corrected chi connectivity index (χ4v) is 6.15. The SMILES string of the molecule is CCCC[C@@H]1C=C(C(=O)c2ccccc2)[C@H](c2ccccc2)N1S(=O)(=O)c1ccc(C)cc1. The van der Waals surface area contributed by atoms with Crippen LogP contribution in [0.5, 0.6) is 0 Å². The number of sulfonamides is 1. The molecule has 33 heavy (non-hydrogen) atoms. The van der Waals surface area contributed by atoms with Crippen molar-refractivity contribution in [2.45, 2.75) is 50.1 Å². The van der Waals surface area contributed by atoms with E-state index in [0.29, 0.717) is 17.6 Å². The highest BCUT2D eigenvalue weighted by Gasteiger charge is 2.45. The number of carbonyl (C=O) groups excluding carboxylic acids is 1. The van der Waals surface area contributed by atoms with E-state index in [1.165, 1.54) is 0 Å². The molecular formula is C28H29NO3S. The topological polar surface area (TPSA) is 54.5 Å². The van der Waals surface area contributed by atoms with Crippen LogP contribution in [-0.2, 0) is 10.0 Å². The van der Waals surface area contributed by atoms with Crippen LogP contribution in [0.3, 0.4) is 0 Å². The van der Waals surface area contributed by atoms with Gasteiger partial charge in [0.15, 0.2) is 5.78 Å². The summed E-state index contributed by atoms with van der Waals surface area (Å²) in [5, 5.41) is 0. The predicted molar refractivity (Wildman–Crippen MR) is 132 cm³/mol. The fourth-order valence-electron chi connectivity index (χ4n) is 4.39.